The van der Waals surface area contributed by atoms with Gasteiger partial charge in [0, 0.05) is 12.0 Å². The Bertz CT molecular complexity index is 347. The van der Waals surface area contributed by atoms with Crippen LogP contribution in [0.5, 0.6) is 5.75 Å². The van der Waals surface area contributed by atoms with Crippen LogP contribution in [-0.4, -0.2) is 25.4 Å². The Kier molecular flexibility index (Phi) is 3.94. The fourth-order valence-electron chi connectivity index (χ4n) is 1.89. The third-order valence-corrected chi connectivity index (χ3v) is 3.16. The van der Waals surface area contributed by atoms with Crippen LogP contribution in [0.25, 0.3) is 0 Å². The molecular weight excluding hydrogens is 202 g/mol. The molecule has 0 heterocycles. The molecule has 90 valence electrons. The van der Waals surface area contributed by atoms with Crippen LogP contribution in [0, 0.1) is 13.8 Å². The van der Waals surface area contributed by atoms with Gasteiger partial charge in [-0.2, -0.15) is 0 Å². The van der Waals surface area contributed by atoms with Crippen molar-refractivity contribution < 1.29 is 9.84 Å². The van der Waals surface area contributed by atoms with Gasteiger partial charge in [0.05, 0.1) is 13.7 Å². The van der Waals surface area contributed by atoms with E-state index < -0.39 is 0 Å². The van der Waals surface area contributed by atoms with Crippen LogP contribution in [0.2, 0.25) is 0 Å². The largest absolute Gasteiger partial charge is 0.496 e. The molecule has 1 atom stereocenters. The number of nitrogens with two attached hydrogens (primary N) is 1. The summed E-state index contributed by atoms with van der Waals surface area (Å²) in [5.41, 5.74) is 8.57. The summed E-state index contributed by atoms with van der Waals surface area (Å²) in [5, 5.41) is 9.44. The van der Waals surface area contributed by atoms with Crippen molar-refractivity contribution in [1.82, 2.24) is 0 Å². The molecule has 0 aromatic heterocycles. The predicted octanol–water partition coefficient (Wildman–Crippen LogP) is 1.52. The first-order valence-corrected chi connectivity index (χ1v) is 5.45. The number of aliphatic hydroxyl groups is 1. The maximum absolute atomic E-state index is 9.44. The summed E-state index contributed by atoms with van der Waals surface area (Å²) >= 11 is 0. The lowest BCUT2D eigenvalue weighted by Gasteiger charge is -2.27. The van der Waals surface area contributed by atoms with Crippen LogP contribution in [-0.2, 0) is 5.41 Å². The lowest BCUT2D eigenvalue weighted by Crippen LogP contribution is -2.35. The maximum atomic E-state index is 9.44. The Morgan fingerprint density at radius 3 is 2.12 bits per heavy atom. The summed E-state index contributed by atoms with van der Waals surface area (Å²) < 4.78 is 5.32. The first-order valence-electron chi connectivity index (χ1n) is 5.45. The number of methoxy groups -OCH3 is 1. The van der Waals surface area contributed by atoms with Crippen molar-refractivity contribution in [2.75, 3.05) is 20.3 Å². The summed E-state index contributed by atoms with van der Waals surface area (Å²) in [7, 11) is 1.67. The van der Waals surface area contributed by atoms with E-state index in [2.05, 4.69) is 0 Å². The molecule has 0 radical (unpaired) electrons. The summed E-state index contributed by atoms with van der Waals surface area (Å²) in [6.07, 6.45) is 0. The van der Waals surface area contributed by atoms with Crippen molar-refractivity contribution in [2.24, 2.45) is 5.73 Å². The summed E-state index contributed by atoms with van der Waals surface area (Å²) in [6.45, 7) is 6.45. The molecular formula is C13H21NO2. The second-order valence-corrected chi connectivity index (χ2v) is 4.57. The third-order valence-electron chi connectivity index (χ3n) is 3.16. The fraction of sp³-hybridized carbons (Fsp3) is 0.538. The van der Waals surface area contributed by atoms with E-state index in [9.17, 15) is 5.11 Å². The summed E-state index contributed by atoms with van der Waals surface area (Å²) in [4.78, 5) is 0. The van der Waals surface area contributed by atoms with Gasteiger partial charge in [0.25, 0.3) is 0 Å². The molecule has 0 spiro atoms. The maximum Gasteiger partial charge on any atom is 0.124 e. The average molecular weight is 223 g/mol. The summed E-state index contributed by atoms with van der Waals surface area (Å²) in [5.74, 6) is 0.904. The van der Waals surface area contributed by atoms with Gasteiger partial charge in [-0.25, -0.2) is 0 Å². The van der Waals surface area contributed by atoms with Crippen LogP contribution in [0.4, 0.5) is 0 Å². The highest BCUT2D eigenvalue weighted by molar-refractivity contribution is 5.45. The lowest BCUT2D eigenvalue weighted by atomic mass is 9.82. The summed E-state index contributed by atoms with van der Waals surface area (Å²) in [6, 6.07) is 4.07. The van der Waals surface area contributed by atoms with Gasteiger partial charge >= 0.3 is 0 Å². The molecule has 0 aliphatic rings. The zero-order valence-corrected chi connectivity index (χ0v) is 10.5. The minimum Gasteiger partial charge on any atom is -0.496 e. The lowest BCUT2D eigenvalue weighted by molar-refractivity contribution is 0.210. The highest BCUT2D eigenvalue weighted by atomic mass is 16.5. The normalized spacial score (nSPS) is 14.6. The molecule has 1 rings (SSSR count). The first kappa shape index (κ1) is 13.0. The van der Waals surface area contributed by atoms with E-state index in [1.54, 1.807) is 7.11 Å². The van der Waals surface area contributed by atoms with Crippen molar-refractivity contribution >= 4 is 0 Å². The second kappa shape index (κ2) is 4.85. The molecule has 3 nitrogen and oxygen atoms in total. The zero-order valence-electron chi connectivity index (χ0n) is 10.5. The standard InChI is InChI=1S/C13H21NO2/c1-9-5-11(13(3,7-14)8-15)6-10(2)12(9)16-4/h5-6,15H,7-8,14H2,1-4H3. The van der Waals surface area contributed by atoms with E-state index in [-0.39, 0.29) is 12.0 Å². The molecule has 3 heteroatoms. The molecule has 0 fully saturated rings. The second-order valence-electron chi connectivity index (χ2n) is 4.57. The van der Waals surface area contributed by atoms with Crippen LogP contribution in [0.3, 0.4) is 0 Å². The van der Waals surface area contributed by atoms with Crippen LogP contribution in [0.1, 0.15) is 23.6 Å². The van der Waals surface area contributed by atoms with Crippen molar-refractivity contribution in [3.05, 3.63) is 28.8 Å². The van der Waals surface area contributed by atoms with Crippen LogP contribution in [0.15, 0.2) is 12.1 Å². The monoisotopic (exact) mass is 223 g/mol. The Morgan fingerprint density at radius 1 is 1.31 bits per heavy atom. The quantitative estimate of drug-likeness (QED) is 0.813. The molecule has 0 aliphatic heterocycles. The number of aliphatic hydroxyl groups excluding tert-OH is 1. The number of aryl methyl sites for hydroxylation is 2. The topological polar surface area (TPSA) is 55.5 Å². The Morgan fingerprint density at radius 2 is 1.81 bits per heavy atom. The Hall–Kier alpha value is -1.06. The zero-order chi connectivity index (χ0) is 12.3. The van der Waals surface area contributed by atoms with Crippen molar-refractivity contribution in [3.8, 4) is 5.75 Å². The van der Waals surface area contributed by atoms with E-state index in [0.717, 1.165) is 22.4 Å². The molecule has 16 heavy (non-hydrogen) atoms. The van der Waals surface area contributed by atoms with E-state index in [1.807, 2.05) is 32.9 Å². The fourth-order valence-corrected chi connectivity index (χ4v) is 1.89. The van der Waals surface area contributed by atoms with Crippen molar-refractivity contribution in [2.45, 2.75) is 26.2 Å². The minimum atomic E-state index is -0.373. The Labute approximate surface area is 97.2 Å². The SMILES string of the molecule is COc1c(C)cc(C(C)(CN)CO)cc1C. The van der Waals surface area contributed by atoms with Crippen LogP contribution >= 0.6 is 0 Å². The van der Waals surface area contributed by atoms with Crippen LogP contribution < -0.4 is 10.5 Å². The van der Waals surface area contributed by atoms with Gasteiger partial charge in [0.15, 0.2) is 0 Å². The van der Waals surface area contributed by atoms with E-state index in [1.165, 1.54) is 0 Å². The Balaban J connectivity index is 3.27. The van der Waals surface area contributed by atoms with Gasteiger partial charge < -0.3 is 15.6 Å². The first-order chi connectivity index (χ1) is 7.48. The predicted molar refractivity (Wildman–Crippen MR) is 66.0 cm³/mol. The molecule has 3 N–H and O–H groups in total. The van der Waals surface area contributed by atoms with E-state index in [4.69, 9.17) is 10.5 Å². The smallest absolute Gasteiger partial charge is 0.124 e. The highest BCUT2D eigenvalue weighted by Gasteiger charge is 2.25. The van der Waals surface area contributed by atoms with Gasteiger partial charge in [-0.1, -0.05) is 19.1 Å². The van der Waals surface area contributed by atoms with Gasteiger partial charge in [-0.05, 0) is 30.5 Å². The van der Waals surface area contributed by atoms with E-state index in [0.29, 0.717) is 6.54 Å². The van der Waals surface area contributed by atoms with Gasteiger partial charge in [-0.15, -0.1) is 0 Å². The molecule has 0 saturated heterocycles. The molecule has 1 aromatic rings. The number of rotatable bonds is 4. The molecule has 0 aliphatic carbocycles. The number of benzene rings is 1. The van der Waals surface area contributed by atoms with Crippen molar-refractivity contribution in [3.63, 3.8) is 0 Å². The third kappa shape index (κ3) is 2.20. The minimum absolute atomic E-state index is 0.0503. The number of ether oxygens (including phenoxy) is 1. The molecule has 0 amide bonds. The molecule has 1 unspecified atom stereocenters. The molecule has 0 saturated carbocycles. The average Bonchev–Trinajstić information content (AvgIpc) is 2.27. The molecule has 0 bridgehead atoms. The van der Waals surface area contributed by atoms with Gasteiger partial charge in [0.1, 0.15) is 5.75 Å². The molecule has 1 aromatic carbocycles. The van der Waals surface area contributed by atoms with Gasteiger partial charge in [0.2, 0.25) is 0 Å². The van der Waals surface area contributed by atoms with Gasteiger partial charge in [-0.3, -0.25) is 0 Å². The van der Waals surface area contributed by atoms with E-state index >= 15 is 0 Å². The number of hydrogen-bond donors (Lipinski definition) is 2. The van der Waals surface area contributed by atoms with Crippen molar-refractivity contribution in [1.29, 1.82) is 0 Å². The highest BCUT2D eigenvalue weighted by Crippen LogP contribution is 2.30. The number of hydrogen-bond acceptors (Lipinski definition) is 3.